The summed E-state index contributed by atoms with van der Waals surface area (Å²) in [6.45, 7) is 1.91. The predicted octanol–water partition coefficient (Wildman–Crippen LogP) is 0.779. The van der Waals surface area contributed by atoms with Crippen LogP contribution in [-0.2, 0) is 19.7 Å². The molecule has 0 saturated heterocycles. The molecule has 0 saturated carbocycles. The zero-order valence-corrected chi connectivity index (χ0v) is 19.4. The van der Waals surface area contributed by atoms with Crippen molar-refractivity contribution in [2.75, 3.05) is 26.2 Å². The lowest BCUT2D eigenvalue weighted by molar-refractivity contribution is -0.158. The van der Waals surface area contributed by atoms with Gasteiger partial charge in [0, 0.05) is 18.7 Å². The van der Waals surface area contributed by atoms with E-state index < -0.39 is 34.1 Å². The topological polar surface area (TPSA) is 149 Å². The van der Waals surface area contributed by atoms with Crippen LogP contribution in [0.3, 0.4) is 0 Å². The summed E-state index contributed by atoms with van der Waals surface area (Å²) in [6.07, 6.45) is 0.735. The van der Waals surface area contributed by atoms with E-state index in [0.29, 0.717) is 13.1 Å². The Balaban J connectivity index is 2.03. The molecule has 1 aliphatic heterocycles. The fraction of sp³-hybridized carbons (Fsp3) is 0.318. The van der Waals surface area contributed by atoms with Gasteiger partial charge in [-0.2, -0.15) is 4.72 Å². The van der Waals surface area contributed by atoms with Crippen molar-refractivity contribution in [3.63, 3.8) is 0 Å². The number of carbonyl (C=O) groups is 2. The van der Waals surface area contributed by atoms with Gasteiger partial charge in [0.25, 0.3) is 5.91 Å². The molecule has 1 aliphatic rings. The van der Waals surface area contributed by atoms with Gasteiger partial charge in [0.2, 0.25) is 15.7 Å². The Labute approximate surface area is 197 Å². The molecule has 12 heteroatoms. The fourth-order valence-corrected chi connectivity index (χ4v) is 4.54. The highest BCUT2D eigenvalue weighted by molar-refractivity contribution is 7.89. The smallest absolute Gasteiger partial charge is 0.347 e. The van der Waals surface area contributed by atoms with Crippen LogP contribution in [0.15, 0.2) is 70.6 Å². The number of rotatable bonds is 10. The second kappa shape index (κ2) is 11.1. The molecule has 1 heterocycles. The summed E-state index contributed by atoms with van der Waals surface area (Å²) >= 11 is 0. The first-order valence-corrected chi connectivity index (χ1v) is 12.1. The van der Waals surface area contributed by atoms with Crippen LogP contribution >= 0.6 is 0 Å². The molecule has 4 N–H and O–H groups in total. The Morgan fingerprint density at radius 1 is 1.15 bits per heavy atom. The van der Waals surface area contributed by atoms with Crippen molar-refractivity contribution in [3.8, 4) is 0 Å². The molecular formula is C22H27N5O6S. The van der Waals surface area contributed by atoms with Crippen LogP contribution in [0.4, 0.5) is 0 Å². The molecule has 11 nitrogen and oxygen atoms in total. The van der Waals surface area contributed by atoms with Crippen molar-refractivity contribution >= 4 is 27.9 Å². The monoisotopic (exact) mass is 489 g/mol. The summed E-state index contributed by atoms with van der Waals surface area (Å²) in [5.74, 6) is -2.12. The van der Waals surface area contributed by atoms with Gasteiger partial charge in [-0.3, -0.25) is 14.6 Å². The van der Waals surface area contributed by atoms with Gasteiger partial charge in [-0.05, 0) is 37.6 Å². The van der Waals surface area contributed by atoms with E-state index in [2.05, 4.69) is 20.3 Å². The largest absolute Gasteiger partial charge is 0.478 e. The summed E-state index contributed by atoms with van der Waals surface area (Å²) in [6, 6.07) is 15.5. The summed E-state index contributed by atoms with van der Waals surface area (Å²) in [5.41, 5.74) is -2.16. The van der Waals surface area contributed by atoms with Crippen LogP contribution in [-0.4, -0.2) is 68.3 Å². The van der Waals surface area contributed by atoms with Gasteiger partial charge in [-0.25, -0.2) is 18.3 Å². The van der Waals surface area contributed by atoms with Crippen LogP contribution in [0, 0.1) is 0 Å². The third-order valence-electron chi connectivity index (χ3n) is 4.87. The van der Waals surface area contributed by atoms with Crippen molar-refractivity contribution in [1.82, 2.24) is 20.4 Å². The maximum Gasteiger partial charge on any atom is 0.347 e. The van der Waals surface area contributed by atoms with Gasteiger partial charge in [-0.1, -0.05) is 36.4 Å². The molecule has 0 aromatic heterocycles. The first kappa shape index (κ1) is 25.1. The van der Waals surface area contributed by atoms with Crippen LogP contribution in [0.2, 0.25) is 0 Å². The van der Waals surface area contributed by atoms with Crippen molar-refractivity contribution in [2.45, 2.75) is 23.9 Å². The van der Waals surface area contributed by atoms with E-state index in [1.165, 1.54) is 24.3 Å². The van der Waals surface area contributed by atoms with E-state index in [1.54, 1.807) is 43.3 Å². The van der Waals surface area contributed by atoms with Crippen molar-refractivity contribution in [2.24, 2.45) is 4.99 Å². The normalized spacial score (nSPS) is 15.4. The minimum atomic E-state index is -4.33. The highest BCUT2D eigenvalue weighted by Crippen LogP contribution is 2.16. The van der Waals surface area contributed by atoms with E-state index >= 15 is 0 Å². The van der Waals surface area contributed by atoms with E-state index in [0.717, 1.165) is 11.5 Å². The number of nitrogens with one attached hydrogen (secondary N) is 3. The number of amides is 1. The second-order valence-electron chi connectivity index (χ2n) is 7.39. The van der Waals surface area contributed by atoms with Crippen LogP contribution in [0.25, 0.3) is 0 Å². The third-order valence-corrected chi connectivity index (χ3v) is 6.38. The van der Waals surface area contributed by atoms with E-state index in [1.807, 2.05) is 0 Å². The lowest BCUT2D eigenvalue weighted by atomic mass is 10.1. The van der Waals surface area contributed by atoms with Crippen LogP contribution < -0.4 is 15.4 Å². The maximum absolute atomic E-state index is 13.2. The van der Waals surface area contributed by atoms with Crippen LogP contribution in [0.1, 0.15) is 23.7 Å². The van der Waals surface area contributed by atoms with Crippen LogP contribution in [0.5, 0.6) is 0 Å². The first-order chi connectivity index (χ1) is 16.3. The number of carboxylic acid groups (broad SMARTS) is 1. The Morgan fingerprint density at radius 3 is 2.35 bits per heavy atom. The first-order valence-electron chi connectivity index (χ1n) is 10.7. The number of carboxylic acids is 1. The van der Waals surface area contributed by atoms with Crippen molar-refractivity contribution < 1.29 is 28.0 Å². The molecule has 34 heavy (non-hydrogen) atoms. The summed E-state index contributed by atoms with van der Waals surface area (Å²) in [4.78, 5) is 35.3. The lowest BCUT2D eigenvalue weighted by Gasteiger charge is -2.36. The Hall–Kier alpha value is -3.48. The number of benzene rings is 2. The number of aliphatic imine (C=N–C) groups is 1. The van der Waals surface area contributed by atoms with E-state index in [4.69, 9.17) is 4.84 Å². The van der Waals surface area contributed by atoms with Gasteiger partial charge in [0.15, 0.2) is 5.96 Å². The molecule has 0 radical (unpaired) electrons. The standard InChI is InChI=1S/C22H27N5O6S/c1-2-33-27(19(28)17-10-5-3-6-11-17)16-22(20(29)30,25-21-23-14-9-15-24-21)26-34(31,32)18-12-7-4-8-13-18/h3-8,10-13,26H,2,9,14-16H2,1H3,(H,29,30)(H2,23,24,25)/t22-/m0/s1. The molecule has 0 fully saturated rings. The van der Waals surface area contributed by atoms with Crippen molar-refractivity contribution in [1.29, 1.82) is 0 Å². The molecule has 2 aromatic rings. The molecule has 0 bridgehead atoms. The van der Waals surface area contributed by atoms with Gasteiger partial charge < -0.3 is 15.7 Å². The molecule has 182 valence electrons. The number of guanidine groups is 1. The molecule has 2 aromatic carbocycles. The molecule has 1 amide bonds. The highest BCUT2D eigenvalue weighted by Gasteiger charge is 2.47. The minimum absolute atomic E-state index is 0.0406. The van der Waals surface area contributed by atoms with Crippen molar-refractivity contribution in [3.05, 3.63) is 66.2 Å². The number of hydrogen-bond acceptors (Lipinski definition) is 8. The van der Waals surface area contributed by atoms with Gasteiger partial charge in [-0.15, -0.1) is 0 Å². The summed E-state index contributed by atoms with van der Waals surface area (Å²) in [5, 5.41) is 16.7. The number of nitrogens with zero attached hydrogens (tertiary/aromatic N) is 2. The Morgan fingerprint density at radius 2 is 1.79 bits per heavy atom. The second-order valence-corrected chi connectivity index (χ2v) is 9.07. The fourth-order valence-electron chi connectivity index (χ4n) is 3.24. The lowest BCUT2D eigenvalue weighted by Crippen LogP contribution is -2.72. The number of aliphatic carboxylic acids is 1. The SMILES string of the molecule is CCON(C[C@](NC1=NCCCN1)(NS(=O)(=O)c1ccccc1)C(=O)O)C(=O)c1ccccc1. The molecular weight excluding hydrogens is 462 g/mol. The molecule has 3 rings (SSSR count). The predicted molar refractivity (Wildman–Crippen MR) is 124 cm³/mol. The molecule has 1 atom stereocenters. The summed E-state index contributed by atoms with van der Waals surface area (Å²) < 4.78 is 28.5. The number of hydrogen-bond donors (Lipinski definition) is 4. The zero-order chi connectivity index (χ0) is 24.6. The molecule has 0 spiro atoms. The average Bonchev–Trinajstić information content (AvgIpc) is 2.84. The number of hydroxylamine groups is 2. The maximum atomic E-state index is 13.2. The Kier molecular flexibility index (Phi) is 8.21. The zero-order valence-electron chi connectivity index (χ0n) is 18.6. The molecule has 0 aliphatic carbocycles. The van der Waals surface area contributed by atoms with Gasteiger partial charge >= 0.3 is 5.97 Å². The van der Waals surface area contributed by atoms with Gasteiger partial charge in [0.1, 0.15) is 0 Å². The Bertz CT molecular complexity index is 1130. The van der Waals surface area contributed by atoms with E-state index in [9.17, 15) is 23.1 Å². The van der Waals surface area contributed by atoms with Gasteiger partial charge in [0.05, 0.1) is 18.0 Å². The minimum Gasteiger partial charge on any atom is -0.478 e. The third kappa shape index (κ3) is 6.10. The molecule has 0 unspecified atom stereocenters. The quantitative estimate of drug-likeness (QED) is 0.283. The highest BCUT2D eigenvalue weighted by atomic mass is 32.2. The average molecular weight is 490 g/mol. The summed E-state index contributed by atoms with van der Waals surface area (Å²) in [7, 11) is -4.33. The van der Waals surface area contributed by atoms with E-state index in [-0.39, 0.29) is 23.0 Å². The number of sulfonamides is 1. The number of carbonyl (C=O) groups excluding carboxylic acids is 1.